The minimum absolute atomic E-state index is 0. The van der Waals surface area contributed by atoms with Crippen molar-refractivity contribution in [1.29, 1.82) is 0 Å². The van der Waals surface area contributed by atoms with Gasteiger partial charge in [-0.25, -0.2) is 0 Å². The molecule has 2 fully saturated rings. The fraction of sp³-hybridized carbons (Fsp3) is 0.944. The van der Waals surface area contributed by atoms with Gasteiger partial charge in [0.1, 0.15) is 0 Å². The Morgan fingerprint density at radius 3 is 2.71 bits per heavy atom. The lowest BCUT2D eigenvalue weighted by atomic mass is 10.1. The first-order valence-electron chi connectivity index (χ1n) is 9.58. The van der Waals surface area contributed by atoms with Gasteiger partial charge in [0, 0.05) is 38.8 Å². The Hall–Kier alpha value is 0.310. The molecule has 1 atom stereocenters. The van der Waals surface area contributed by atoms with Crippen molar-refractivity contribution in [2.45, 2.75) is 57.9 Å². The first kappa shape index (κ1) is 22.4. The Bertz CT molecular complexity index is 348. The molecule has 24 heavy (non-hydrogen) atoms. The van der Waals surface area contributed by atoms with Gasteiger partial charge < -0.3 is 15.5 Å². The average molecular weight is 468 g/mol. The fourth-order valence-electron chi connectivity index (χ4n) is 3.74. The van der Waals surface area contributed by atoms with Gasteiger partial charge >= 0.3 is 0 Å². The number of unbranched alkanes of at least 4 members (excludes halogenated alkanes) is 1. The van der Waals surface area contributed by atoms with Crippen LogP contribution in [0.4, 0.5) is 0 Å². The van der Waals surface area contributed by atoms with Gasteiger partial charge in [0.15, 0.2) is 5.96 Å². The highest BCUT2D eigenvalue weighted by Gasteiger charge is 2.26. The number of halogens is 1. The zero-order valence-corrected chi connectivity index (χ0v) is 18.7. The highest BCUT2D eigenvalue weighted by atomic mass is 127. The molecule has 142 valence electrons. The summed E-state index contributed by atoms with van der Waals surface area (Å²) in [7, 11) is 0. The largest absolute Gasteiger partial charge is 0.357 e. The van der Waals surface area contributed by atoms with E-state index in [2.05, 4.69) is 28.7 Å². The van der Waals surface area contributed by atoms with Crippen molar-refractivity contribution < 1.29 is 0 Å². The molecule has 0 radical (unpaired) electrons. The van der Waals surface area contributed by atoms with Crippen molar-refractivity contribution >= 4 is 41.7 Å². The van der Waals surface area contributed by atoms with Crippen LogP contribution in [-0.4, -0.2) is 61.6 Å². The lowest BCUT2D eigenvalue weighted by Crippen LogP contribution is -2.44. The maximum absolute atomic E-state index is 4.74. The van der Waals surface area contributed by atoms with Crippen LogP contribution in [0.15, 0.2) is 4.99 Å². The Labute approximate surface area is 170 Å². The third kappa shape index (κ3) is 8.61. The number of aliphatic imine (C=N–C) groups is 1. The maximum Gasteiger partial charge on any atom is 0.191 e. The van der Waals surface area contributed by atoms with E-state index in [9.17, 15) is 0 Å². The molecule has 4 nitrogen and oxygen atoms in total. The zero-order chi connectivity index (χ0) is 16.3. The predicted molar refractivity (Wildman–Crippen MR) is 119 cm³/mol. The SMILES string of the molecule is CCNC(=NCCCCSC)NC1CCN(CC2CCCC2)C1.I. The normalized spacial score (nSPS) is 22.6. The number of nitrogens with one attached hydrogen (secondary N) is 2. The van der Waals surface area contributed by atoms with Gasteiger partial charge in [0.2, 0.25) is 0 Å². The maximum atomic E-state index is 4.74. The van der Waals surface area contributed by atoms with Gasteiger partial charge in [-0.05, 0) is 57.0 Å². The first-order chi connectivity index (χ1) is 11.3. The van der Waals surface area contributed by atoms with Gasteiger partial charge in [-0.2, -0.15) is 11.8 Å². The van der Waals surface area contributed by atoms with E-state index in [0.29, 0.717) is 6.04 Å². The molecule has 2 aliphatic rings. The van der Waals surface area contributed by atoms with Crippen molar-refractivity contribution in [3.63, 3.8) is 0 Å². The van der Waals surface area contributed by atoms with Crippen LogP contribution in [0.25, 0.3) is 0 Å². The third-order valence-corrected chi connectivity index (χ3v) is 5.67. The molecule has 1 saturated carbocycles. The minimum Gasteiger partial charge on any atom is -0.357 e. The van der Waals surface area contributed by atoms with E-state index >= 15 is 0 Å². The third-order valence-electron chi connectivity index (χ3n) is 4.98. The van der Waals surface area contributed by atoms with E-state index in [-0.39, 0.29) is 24.0 Å². The summed E-state index contributed by atoms with van der Waals surface area (Å²) < 4.78 is 0. The molecular formula is C18H37IN4S. The molecule has 6 heteroatoms. The molecule has 0 aromatic rings. The fourth-order valence-corrected chi connectivity index (χ4v) is 4.23. The Balaban J connectivity index is 0.00000288. The van der Waals surface area contributed by atoms with Crippen molar-refractivity contribution in [3.05, 3.63) is 0 Å². The number of nitrogens with zero attached hydrogens (tertiary/aromatic N) is 2. The zero-order valence-electron chi connectivity index (χ0n) is 15.6. The molecule has 0 bridgehead atoms. The standard InChI is InChI=1S/C18H36N4S.HI/c1-3-19-18(20-11-6-7-13-23-2)21-17-10-12-22(15-17)14-16-8-4-5-9-16;/h16-17H,3-15H2,1-2H3,(H2,19,20,21);1H. The second-order valence-electron chi connectivity index (χ2n) is 7.00. The van der Waals surface area contributed by atoms with Gasteiger partial charge in [0.25, 0.3) is 0 Å². The summed E-state index contributed by atoms with van der Waals surface area (Å²) >= 11 is 1.92. The van der Waals surface area contributed by atoms with Gasteiger partial charge in [-0.1, -0.05) is 12.8 Å². The number of hydrogen-bond donors (Lipinski definition) is 2. The molecule has 0 aromatic heterocycles. The van der Waals surface area contributed by atoms with E-state index in [1.165, 1.54) is 70.3 Å². The summed E-state index contributed by atoms with van der Waals surface area (Å²) in [5.41, 5.74) is 0. The Kier molecular flexibility index (Phi) is 12.6. The van der Waals surface area contributed by atoms with Crippen LogP contribution in [0.1, 0.15) is 51.9 Å². The monoisotopic (exact) mass is 468 g/mol. The summed E-state index contributed by atoms with van der Waals surface area (Å²) in [5, 5.41) is 7.06. The quantitative estimate of drug-likeness (QED) is 0.235. The topological polar surface area (TPSA) is 39.7 Å². The molecule has 0 aromatic carbocycles. The summed E-state index contributed by atoms with van der Waals surface area (Å²) in [6.45, 7) is 7.78. The highest BCUT2D eigenvalue weighted by molar-refractivity contribution is 14.0. The lowest BCUT2D eigenvalue weighted by molar-refractivity contribution is 0.275. The number of hydrogen-bond acceptors (Lipinski definition) is 3. The van der Waals surface area contributed by atoms with Gasteiger partial charge in [-0.3, -0.25) is 4.99 Å². The second-order valence-corrected chi connectivity index (χ2v) is 7.99. The molecule has 0 amide bonds. The van der Waals surface area contributed by atoms with Crippen LogP contribution in [-0.2, 0) is 0 Å². The molecule has 1 aliphatic heterocycles. The number of likely N-dealkylation sites (tertiary alicyclic amines) is 1. The average Bonchev–Trinajstić information content (AvgIpc) is 3.20. The summed E-state index contributed by atoms with van der Waals surface area (Å²) in [4.78, 5) is 7.41. The number of rotatable bonds is 9. The number of guanidine groups is 1. The van der Waals surface area contributed by atoms with E-state index in [4.69, 9.17) is 4.99 Å². The minimum atomic E-state index is 0. The van der Waals surface area contributed by atoms with Crippen molar-refractivity contribution in [2.24, 2.45) is 10.9 Å². The molecular weight excluding hydrogens is 431 g/mol. The summed E-state index contributed by atoms with van der Waals surface area (Å²) in [6, 6.07) is 0.570. The molecule has 2 N–H and O–H groups in total. The molecule has 1 heterocycles. The van der Waals surface area contributed by atoms with E-state index in [1.807, 2.05) is 11.8 Å². The van der Waals surface area contributed by atoms with Crippen molar-refractivity contribution in [2.75, 3.05) is 44.7 Å². The van der Waals surface area contributed by atoms with E-state index in [0.717, 1.165) is 25.0 Å². The van der Waals surface area contributed by atoms with Crippen molar-refractivity contribution in [1.82, 2.24) is 15.5 Å². The van der Waals surface area contributed by atoms with Crippen LogP contribution >= 0.6 is 35.7 Å². The van der Waals surface area contributed by atoms with Gasteiger partial charge in [0.05, 0.1) is 0 Å². The predicted octanol–water partition coefficient (Wildman–Crippen LogP) is 3.57. The Morgan fingerprint density at radius 1 is 1.21 bits per heavy atom. The van der Waals surface area contributed by atoms with Crippen LogP contribution in [0.2, 0.25) is 0 Å². The molecule has 1 unspecified atom stereocenters. The molecule has 0 spiro atoms. The summed E-state index contributed by atoms with van der Waals surface area (Å²) in [5.74, 6) is 3.23. The van der Waals surface area contributed by atoms with E-state index in [1.54, 1.807) is 0 Å². The smallest absolute Gasteiger partial charge is 0.191 e. The molecule has 2 rings (SSSR count). The van der Waals surface area contributed by atoms with E-state index < -0.39 is 0 Å². The lowest BCUT2D eigenvalue weighted by Gasteiger charge is -2.21. The van der Waals surface area contributed by atoms with Gasteiger partial charge in [-0.15, -0.1) is 24.0 Å². The van der Waals surface area contributed by atoms with Crippen LogP contribution in [0, 0.1) is 5.92 Å². The van der Waals surface area contributed by atoms with Crippen LogP contribution in [0.3, 0.4) is 0 Å². The molecule has 1 aliphatic carbocycles. The van der Waals surface area contributed by atoms with Crippen molar-refractivity contribution in [3.8, 4) is 0 Å². The number of thioether (sulfide) groups is 1. The summed E-state index contributed by atoms with van der Waals surface area (Å²) in [6.07, 6.45) is 11.7. The first-order valence-corrected chi connectivity index (χ1v) is 11.0. The van der Waals surface area contributed by atoms with Crippen LogP contribution < -0.4 is 10.6 Å². The Morgan fingerprint density at radius 2 is 2.00 bits per heavy atom. The highest BCUT2D eigenvalue weighted by Crippen LogP contribution is 2.26. The second kappa shape index (κ2) is 13.5. The molecule has 1 saturated heterocycles. The van der Waals surface area contributed by atoms with Crippen LogP contribution in [0.5, 0.6) is 0 Å².